The zero-order valence-corrected chi connectivity index (χ0v) is 13.0. The molecule has 1 saturated carbocycles. The summed E-state index contributed by atoms with van der Waals surface area (Å²) in [6, 6.07) is 0. The topological polar surface area (TPSA) is 46.5 Å². The molecule has 0 aliphatic heterocycles. The van der Waals surface area contributed by atoms with Gasteiger partial charge < -0.3 is 9.53 Å². The molecule has 3 nitrogen and oxygen atoms in total. The number of carboxylic acids is 1. The van der Waals surface area contributed by atoms with E-state index in [0.717, 1.165) is 19.3 Å². The van der Waals surface area contributed by atoms with E-state index in [1.165, 1.54) is 0 Å². The highest BCUT2D eigenvalue weighted by Crippen LogP contribution is 2.53. The van der Waals surface area contributed by atoms with Crippen molar-refractivity contribution in [1.82, 2.24) is 0 Å². The van der Waals surface area contributed by atoms with E-state index in [4.69, 9.17) is 4.43 Å². The molecule has 0 amide bonds. The van der Waals surface area contributed by atoms with E-state index in [1.54, 1.807) is 0 Å². The number of carbonyl (C=O) groups is 1. The summed E-state index contributed by atoms with van der Waals surface area (Å²) in [5.74, 6) is -0.678. The predicted octanol–water partition coefficient (Wildman–Crippen LogP) is 3.65. The summed E-state index contributed by atoms with van der Waals surface area (Å²) in [5.41, 5.74) is -0.579. The Hall–Kier alpha value is -0.353. The smallest absolute Gasteiger partial charge is 0.312 e. The van der Waals surface area contributed by atoms with E-state index < -0.39 is 19.7 Å². The fourth-order valence-corrected chi connectivity index (χ4v) is 3.38. The molecular weight excluding hydrogens is 232 g/mol. The van der Waals surface area contributed by atoms with Crippen molar-refractivity contribution in [3.05, 3.63) is 0 Å². The lowest BCUT2D eigenvalue weighted by atomic mass is 9.98. The van der Waals surface area contributed by atoms with Gasteiger partial charge in [-0.25, -0.2) is 0 Å². The lowest BCUT2D eigenvalue weighted by Crippen LogP contribution is -2.47. The van der Waals surface area contributed by atoms with Crippen LogP contribution in [-0.4, -0.2) is 25.5 Å². The second-order valence-corrected chi connectivity index (χ2v) is 11.5. The van der Waals surface area contributed by atoms with E-state index in [9.17, 15) is 9.90 Å². The van der Waals surface area contributed by atoms with Gasteiger partial charge in [0.25, 0.3) is 0 Å². The van der Waals surface area contributed by atoms with E-state index in [2.05, 4.69) is 33.9 Å². The SMILES string of the molecule is CCC(O[Si](C)(C)C(C)(C)C)C1(C(=O)O)CC1. The summed E-state index contributed by atoms with van der Waals surface area (Å²) in [6.07, 6.45) is 2.23. The van der Waals surface area contributed by atoms with Crippen molar-refractivity contribution in [3.8, 4) is 0 Å². The van der Waals surface area contributed by atoms with Crippen LogP contribution in [0, 0.1) is 5.41 Å². The van der Waals surface area contributed by atoms with E-state index in [1.807, 2.05) is 6.92 Å². The van der Waals surface area contributed by atoms with Gasteiger partial charge in [-0.3, -0.25) is 4.79 Å². The Kier molecular flexibility index (Phi) is 3.80. The molecule has 0 aromatic carbocycles. The molecule has 1 unspecified atom stereocenters. The molecule has 0 bridgehead atoms. The number of aliphatic carboxylic acids is 1. The van der Waals surface area contributed by atoms with Crippen LogP contribution in [0.15, 0.2) is 0 Å². The van der Waals surface area contributed by atoms with Gasteiger partial charge >= 0.3 is 5.97 Å². The fourth-order valence-electron chi connectivity index (χ4n) is 1.93. The van der Waals surface area contributed by atoms with Crippen molar-refractivity contribution < 1.29 is 14.3 Å². The quantitative estimate of drug-likeness (QED) is 0.766. The fraction of sp³-hybridized carbons (Fsp3) is 0.923. The maximum atomic E-state index is 11.4. The predicted molar refractivity (Wildman–Crippen MR) is 71.7 cm³/mol. The number of hydrogen-bond donors (Lipinski definition) is 1. The molecule has 1 N–H and O–H groups in total. The molecule has 1 aliphatic rings. The van der Waals surface area contributed by atoms with Crippen LogP contribution >= 0.6 is 0 Å². The first-order valence-electron chi connectivity index (χ1n) is 6.48. The Morgan fingerprint density at radius 1 is 1.41 bits per heavy atom. The Bertz CT molecular complexity index is 300. The van der Waals surface area contributed by atoms with Gasteiger partial charge in [0.05, 0.1) is 11.5 Å². The molecule has 1 fully saturated rings. The largest absolute Gasteiger partial charge is 0.481 e. The highest BCUT2D eigenvalue weighted by molar-refractivity contribution is 6.74. The maximum Gasteiger partial charge on any atom is 0.312 e. The first-order valence-corrected chi connectivity index (χ1v) is 9.39. The second kappa shape index (κ2) is 4.39. The monoisotopic (exact) mass is 258 g/mol. The molecule has 1 aliphatic carbocycles. The lowest BCUT2D eigenvalue weighted by molar-refractivity contribution is -0.147. The number of rotatable bonds is 5. The third-order valence-electron chi connectivity index (χ3n) is 4.44. The van der Waals surface area contributed by atoms with Crippen molar-refractivity contribution in [2.24, 2.45) is 5.41 Å². The zero-order valence-electron chi connectivity index (χ0n) is 12.0. The molecule has 1 atom stereocenters. The van der Waals surface area contributed by atoms with Gasteiger partial charge in [-0.2, -0.15) is 0 Å². The van der Waals surface area contributed by atoms with Gasteiger partial charge in [0.1, 0.15) is 0 Å². The average Bonchev–Trinajstić information content (AvgIpc) is 2.92. The molecule has 0 aromatic heterocycles. The molecule has 4 heteroatoms. The molecule has 0 saturated heterocycles. The normalized spacial score (nSPS) is 21.1. The lowest BCUT2D eigenvalue weighted by Gasteiger charge is -2.40. The molecule has 100 valence electrons. The third-order valence-corrected chi connectivity index (χ3v) is 8.93. The highest BCUT2D eigenvalue weighted by atomic mass is 28.4. The first kappa shape index (κ1) is 14.7. The van der Waals surface area contributed by atoms with Crippen molar-refractivity contribution in [3.63, 3.8) is 0 Å². The molecule has 0 heterocycles. The average molecular weight is 258 g/mol. The molecular formula is C13H26O3Si. The van der Waals surface area contributed by atoms with E-state index >= 15 is 0 Å². The first-order chi connectivity index (χ1) is 7.57. The Balaban J connectivity index is 2.82. The van der Waals surface area contributed by atoms with Crippen LogP contribution in [0.5, 0.6) is 0 Å². The number of carboxylic acid groups (broad SMARTS) is 1. The summed E-state index contributed by atoms with van der Waals surface area (Å²) in [4.78, 5) is 11.4. The minimum atomic E-state index is -1.87. The van der Waals surface area contributed by atoms with Crippen LogP contribution in [0.1, 0.15) is 47.0 Å². The summed E-state index contributed by atoms with van der Waals surface area (Å²) in [7, 11) is -1.87. The molecule has 0 radical (unpaired) electrons. The molecule has 0 spiro atoms. The van der Waals surface area contributed by atoms with Crippen molar-refractivity contribution >= 4 is 14.3 Å². The summed E-state index contributed by atoms with van der Waals surface area (Å²) in [5, 5.41) is 9.47. The molecule has 0 aromatic rings. The third kappa shape index (κ3) is 2.73. The molecule has 1 rings (SSSR count). The zero-order chi connectivity index (χ0) is 13.5. The van der Waals surface area contributed by atoms with Crippen molar-refractivity contribution in [1.29, 1.82) is 0 Å². The highest BCUT2D eigenvalue weighted by Gasteiger charge is 2.58. The van der Waals surface area contributed by atoms with Crippen LogP contribution in [0.25, 0.3) is 0 Å². The Labute approximate surface area is 106 Å². The number of hydrogen-bond acceptors (Lipinski definition) is 2. The summed E-state index contributed by atoms with van der Waals surface area (Å²) >= 11 is 0. The van der Waals surface area contributed by atoms with Crippen molar-refractivity contribution in [2.45, 2.75) is 71.2 Å². The van der Waals surface area contributed by atoms with Gasteiger partial charge in [-0.15, -0.1) is 0 Å². The van der Waals surface area contributed by atoms with E-state index in [0.29, 0.717) is 0 Å². The Morgan fingerprint density at radius 3 is 2.12 bits per heavy atom. The van der Waals surface area contributed by atoms with Gasteiger partial charge in [0, 0.05) is 0 Å². The van der Waals surface area contributed by atoms with Crippen molar-refractivity contribution in [2.75, 3.05) is 0 Å². The minimum absolute atomic E-state index is 0.110. The van der Waals surface area contributed by atoms with Gasteiger partial charge in [0.15, 0.2) is 8.32 Å². The van der Waals surface area contributed by atoms with Crippen LogP contribution in [0.3, 0.4) is 0 Å². The Morgan fingerprint density at radius 2 is 1.88 bits per heavy atom. The van der Waals surface area contributed by atoms with Crippen LogP contribution in [0.4, 0.5) is 0 Å². The van der Waals surface area contributed by atoms with Gasteiger partial charge in [-0.05, 0) is 37.4 Å². The van der Waals surface area contributed by atoms with Gasteiger partial charge in [-0.1, -0.05) is 27.7 Å². The van der Waals surface area contributed by atoms with Crippen LogP contribution in [0.2, 0.25) is 18.1 Å². The standard InChI is InChI=1S/C13H26O3Si/c1-7-10(13(8-9-13)11(14)15)16-17(5,6)12(2,3)4/h10H,7-9H2,1-6H3,(H,14,15). The van der Waals surface area contributed by atoms with E-state index in [-0.39, 0.29) is 11.1 Å². The summed E-state index contributed by atoms with van der Waals surface area (Å²) in [6.45, 7) is 13.0. The maximum absolute atomic E-state index is 11.4. The minimum Gasteiger partial charge on any atom is -0.481 e. The summed E-state index contributed by atoms with van der Waals surface area (Å²) < 4.78 is 6.30. The second-order valence-electron chi connectivity index (χ2n) is 6.74. The van der Waals surface area contributed by atoms with Crippen LogP contribution < -0.4 is 0 Å². The molecule has 17 heavy (non-hydrogen) atoms. The van der Waals surface area contributed by atoms with Gasteiger partial charge in [0.2, 0.25) is 0 Å². The van der Waals surface area contributed by atoms with Crippen LogP contribution in [-0.2, 0) is 9.22 Å².